The van der Waals surface area contributed by atoms with Crippen LogP contribution in [0.15, 0.2) is 28.7 Å². The van der Waals surface area contributed by atoms with Crippen molar-refractivity contribution in [2.45, 2.75) is 32.8 Å². The Bertz CT molecular complexity index is 268. The van der Waals surface area contributed by atoms with E-state index in [0.717, 1.165) is 22.9 Å². The maximum Gasteiger partial charge on any atom is 0.0815 e. The monoisotopic (exact) mass is 256 g/mol. The summed E-state index contributed by atoms with van der Waals surface area (Å²) in [5.41, 5.74) is 1.01. The van der Waals surface area contributed by atoms with E-state index >= 15 is 0 Å². The third-order valence-corrected chi connectivity index (χ3v) is 3.02. The Kier molecular flexibility index (Phi) is 4.63. The van der Waals surface area contributed by atoms with Crippen LogP contribution in [0.5, 0.6) is 0 Å². The molecule has 2 unspecified atom stereocenters. The quantitative estimate of drug-likeness (QED) is 0.866. The van der Waals surface area contributed by atoms with E-state index in [1.54, 1.807) is 0 Å². The van der Waals surface area contributed by atoms with Gasteiger partial charge in [-0.25, -0.2) is 0 Å². The Labute approximate surface area is 94.3 Å². The van der Waals surface area contributed by atoms with Crippen molar-refractivity contribution in [2.24, 2.45) is 5.92 Å². The van der Waals surface area contributed by atoms with Crippen molar-refractivity contribution in [1.82, 2.24) is 0 Å². The van der Waals surface area contributed by atoms with Crippen LogP contribution in [0.3, 0.4) is 0 Å². The summed E-state index contributed by atoms with van der Waals surface area (Å²) in [5.74, 6) is 0.334. The van der Waals surface area contributed by atoms with E-state index in [9.17, 15) is 5.11 Å². The van der Waals surface area contributed by atoms with Crippen molar-refractivity contribution in [3.05, 3.63) is 34.3 Å². The number of benzene rings is 1. The van der Waals surface area contributed by atoms with Gasteiger partial charge in [-0.2, -0.15) is 0 Å². The van der Waals surface area contributed by atoms with Gasteiger partial charge in [0.2, 0.25) is 0 Å². The lowest BCUT2D eigenvalue weighted by Gasteiger charge is -2.18. The molecule has 1 nitrogen and oxygen atoms in total. The average molecular weight is 257 g/mol. The summed E-state index contributed by atoms with van der Waals surface area (Å²) in [6.07, 6.45) is 1.86. The second-order valence-electron chi connectivity index (χ2n) is 3.76. The number of hydrogen-bond donors (Lipinski definition) is 1. The van der Waals surface area contributed by atoms with E-state index in [1.165, 1.54) is 0 Å². The summed E-state index contributed by atoms with van der Waals surface area (Å²) in [6.45, 7) is 4.24. The normalized spacial score (nSPS) is 15.1. The Balaban J connectivity index is 2.68. The van der Waals surface area contributed by atoms with Crippen LogP contribution in [0.4, 0.5) is 0 Å². The standard InChI is InChI=1S/C12H17BrO/c1-3-4-9(2)12(14)10-5-7-11(13)8-6-10/h5-9,12,14H,3-4H2,1-2H3. The number of halogens is 1. The van der Waals surface area contributed by atoms with Crippen LogP contribution < -0.4 is 0 Å². The minimum absolute atomic E-state index is 0.331. The third-order valence-electron chi connectivity index (χ3n) is 2.49. The molecule has 0 bridgehead atoms. The van der Waals surface area contributed by atoms with Gasteiger partial charge < -0.3 is 5.11 Å². The molecular weight excluding hydrogens is 240 g/mol. The van der Waals surface area contributed by atoms with Crippen molar-refractivity contribution >= 4 is 15.9 Å². The van der Waals surface area contributed by atoms with Gasteiger partial charge in [-0.3, -0.25) is 0 Å². The van der Waals surface area contributed by atoms with Crippen molar-refractivity contribution in [3.63, 3.8) is 0 Å². The molecule has 0 aliphatic rings. The lowest BCUT2D eigenvalue weighted by atomic mass is 9.94. The second kappa shape index (κ2) is 5.52. The molecule has 0 amide bonds. The van der Waals surface area contributed by atoms with E-state index in [-0.39, 0.29) is 6.10 Å². The van der Waals surface area contributed by atoms with Crippen molar-refractivity contribution in [3.8, 4) is 0 Å². The van der Waals surface area contributed by atoms with Gasteiger partial charge in [-0.1, -0.05) is 48.3 Å². The van der Waals surface area contributed by atoms with Gasteiger partial charge in [0.05, 0.1) is 6.10 Å². The van der Waals surface area contributed by atoms with Crippen LogP contribution >= 0.6 is 15.9 Å². The van der Waals surface area contributed by atoms with Crippen molar-refractivity contribution < 1.29 is 5.11 Å². The van der Waals surface area contributed by atoms with Crippen LogP contribution in [0.1, 0.15) is 38.4 Å². The van der Waals surface area contributed by atoms with E-state index in [4.69, 9.17) is 0 Å². The van der Waals surface area contributed by atoms with Gasteiger partial charge >= 0.3 is 0 Å². The first-order chi connectivity index (χ1) is 6.65. The molecule has 1 N–H and O–H groups in total. The summed E-state index contributed by atoms with van der Waals surface area (Å²) in [4.78, 5) is 0. The lowest BCUT2D eigenvalue weighted by Crippen LogP contribution is -2.08. The number of hydrogen-bond acceptors (Lipinski definition) is 1. The summed E-state index contributed by atoms with van der Waals surface area (Å²) in [5, 5.41) is 10.00. The molecule has 0 radical (unpaired) electrons. The van der Waals surface area contributed by atoms with E-state index in [1.807, 2.05) is 24.3 Å². The zero-order chi connectivity index (χ0) is 10.6. The SMILES string of the molecule is CCCC(C)C(O)c1ccc(Br)cc1. The average Bonchev–Trinajstić information content (AvgIpc) is 2.18. The topological polar surface area (TPSA) is 20.2 Å². The molecule has 0 heterocycles. The summed E-state index contributed by atoms with van der Waals surface area (Å²) in [7, 11) is 0. The highest BCUT2D eigenvalue weighted by Crippen LogP contribution is 2.26. The van der Waals surface area contributed by atoms with Gasteiger partial charge in [0, 0.05) is 4.47 Å². The zero-order valence-electron chi connectivity index (χ0n) is 8.70. The Morgan fingerprint density at radius 2 is 1.86 bits per heavy atom. The maximum atomic E-state index is 10.00. The summed E-state index contributed by atoms with van der Waals surface area (Å²) >= 11 is 3.38. The molecule has 1 aromatic carbocycles. The molecule has 2 atom stereocenters. The summed E-state index contributed by atoms with van der Waals surface area (Å²) in [6, 6.07) is 7.89. The molecule has 0 saturated heterocycles. The van der Waals surface area contributed by atoms with Crippen LogP contribution in [0.2, 0.25) is 0 Å². The minimum atomic E-state index is -0.331. The number of aliphatic hydroxyl groups is 1. The molecule has 0 saturated carbocycles. The molecule has 0 fully saturated rings. The Morgan fingerprint density at radius 1 is 1.29 bits per heavy atom. The van der Waals surface area contributed by atoms with Crippen LogP contribution in [-0.4, -0.2) is 5.11 Å². The highest BCUT2D eigenvalue weighted by atomic mass is 79.9. The zero-order valence-corrected chi connectivity index (χ0v) is 10.3. The maximum absolute atomic E-state index is 10.00. The first-order valence-corrected chi connectivity index (χ1v) is 5.88. The molecule has 0 spiro atoms. The van der Waals surface area contributed by atoms with Gasteiger partial charge in [0.25, 0.3) is 0 Å². The van der Waals surface area contributed by atoms with Crippen LogP contribution in [-0.2, 0) is 0 Å². The highest BCUT2D eigenvalue weighted by molar-refractivity contribution is 9.10. The Morgan fingerprint density at radius 3 is 2.36 bits per heavy atom. The minimum Gasteiger partial charge on any atom is -0.388 e. The molecule has 78 valence electrons. The molecule has 0 aromatic heterocycles. The van der Waals surface area contributed by atoms with Crippen LogP contribution in [0.25, 0.3) is 0 Å². The Hall–Kier alpha value is -0.340. The molecule has 1 aromatic rings. The first-order valence-electron chi connectivity index (χ1n) is 5.08. The fourth-order valence-corrected chi connectivity index (χ4v) is 1.87. The van der Waals surface area contributed by atoms with E-state index < -0.39 is 0 Å². The molecule has 2 heteroatoms. The highest BCUT2D eigenvalue weighted by Gasteiger charge is 2.14. The summed E-state index contributed by atoms with van der Waals surface area (Å²) < 4.78 is 1.05. The van der Waals surface area contributed by atoms with Gasteiger partial charge in [-0.15, -0.1) is 0 Å². The molecule has 14 heavy (non-hydrogen) atoms. The second-order valence-corrected chi connectivity index (χ2v) is 4.68. The van der Waals surface area contributed by atoms with Crippen molar-refractivity contribution in [1.29, 1.82) is 0 Å². The lowest BCUT2D eigenvalue weighted by molar-refractivity contribution is 0.112. The third kappa shape index (κ3) is 3.10. The number of aliphatic hydroxyl groups excluding tert-OH is 1. The molecular formula is C12H17BrO. The predicted molar refractivity (Wildman–Crippen MR) is 63.2 cm³/mol. The van der Waals surface area contributed by atoms with Gasteiger partial charge in [-0.05, 0) is 30.0 Å². The molecule has 0 aliphatic heterocycles. The predicted octanol–water partition coefficient (Wildman–Crippen LogP) is 3.92. The van der Waals surface area contributed by atoms with E-state index in [0.29, 0.717) is 5.92 Å². The fraction of sp³-hybridized carbons (Fsp3) is 0.500. The molecule has 0 aliphatic carbocycles. The smallest absolute Gasteiger partial charge is 0.0815 e. The van der Waals surface area contributed by atoms with Crippen molar-refractivity contribution in [2.75, 3.05) is 0 Å². The molecule has 1 rings (SSSR count). The first kappa shape index (κ1) is 11.7. The number of rotatable bonds is 4. The largest absolute Gasteiger partial charge is 0.388 e. The van der Waals surface area contributed by atoms with E-state index in [2.05, 4.69) is 29.8 Å². The fourth-order valence-electron chi connectivity index (χ4n) is 1.60. The van der Waals surface area contributed by atoms with Gasteiger partial charge in [0.15, 0.2) is 0 Å². The van der Waals surface area contributed by atoms with Gasteiger partial charge in [0.1, 0.15) is 0 Å². The van der Waals surface area contributed by atoms with Crippen LogP contribution in [0, 0.1) is 5.92 Å².